The minimum atomic E-state index is -1.74. The average molecular weight is 415 g/mol. The van der Waals surface area contributed by atoms with Crippen LogP contribution in [0.15, 0.2) is 12.7 Å². The van der Waals surface area contributed by atoms with Gasteiger partial charge < -0.3 is 8.85 Å². The van der Waals surface area contributed by atoms with Crippen LogP contribution in [-0.4, -0.2) is 35.1 Å². The number of hydrogen-bond donors (Lipinski definition) is 0. The monoisotopic (exact) mass is 414 g/mol. The molecule has 160 valence electrons. The largest absolute Gasteiger partial charge is 0.417 e. The molecule has 0 N–H and O–H groups in total. The lowest BCUT2D eigenvalue weighted by Crippen LogP contribution is -2.44. The predicted octanol–water partition coefficient (Wildman–Crippen LogP) is 6.96. The number of rotatable bonds is 14. The highest BCUT2D eigenvalue weighted by Gasteiger charge is 2.38. The summed E-state index contributed by atoms with van der Waals surface area (Å²) in [5.41, 5.74) is 0. The van der Waals surface area contributed by atoms with E-state index in [4.69, 9.17) is 8.85 Å². The van der Waals surface area contributed by atoms with Crippen LogP contribution >= 0.6 is 0 Å². The van der Waals surface area contributed by atoms with Gasteiger partial charge in [0.05, 0.1) is 0 Å². The normalized spacial score (nSPS) is 15.4. The van der Waals surface area contributed by atoms with Crippen molar-refractivity contribution in [3.63, 3.8) is 0 Å². The summed E-state index contributed by atoms with van der Waals surface area (Å²) in [5, 5.41) is 0.222. The Kier molecular flexibility index (Phi) is 11.6. The highest BCUT2D eigenvalue weighted by molar-refractivity contribution is 6.74. The minimum Gasteiger partial charge on any atom is -0.417 e. The SMILES string of the molecule is C=CC(=O)CC[C@H](C)[C@@H](CCO[Si](C)(C)C(C)(C)C)O[Si](CC)(CC)CC. The Morgan fingerprint density at radius 3 is 2.00 bits per heavy atom. The number of carbonyl (C=O) groups excluding carboxylic acids is 1. The zero-order valence-electron chi connectivity index (χ0n) is 19.6. The Hall–Kier alpha value is -0.236. The van der Waals surface area contributed by atoms with E-state index >= 15 is 0 Å². The molecule has 0 aromatic rings. The molecule has 0 aliphatic carbocycles. The third-order valence-electron chi connectivity index (χ3n) is 6.71. The molecule has 0 saturated heterocycles. The summed E-state index contributed by atoms with van der Waals surface area (Å²) in [6.45, 7) is 24.8. The van der Waals surface area contributed by atoms with Crippen molar-refractivity contribution in [3.8, 4) is 0 Å². The van der Waals surface area contributed by atoms with Crippen LogP contribution in [0.25, 0.3) is 0 Å². The first kappa shape index (κ1) is 26.8. The lowest BCUT2D eigenvalue weighted by Gasteiger charge is -2.39. The maximum Gasteiger partial charge on any atom is 0.192 e. The standard InChI is InChI=1S/C22H46O3Si2/c1-11-20(23)16-15-19(5)21(25-27(12-2,13-3)14-4)17-18-24-26(9,10)22(6,7)8/h11,19,21H,1,12-18H2,2-10H3/t19-,21+/m0/s1. The van der Waals surface area contributed by atoms with Crippen molar-refractivity contribution in [2.45, 2.75) is 110 Å². The molecule has 2 atom stereocenters. The van der Waals surface area contributed by atoms with E-state index in [-0.39, 0.29) is 16.9 Å². The van der Waals surface area contributed by atoms with Crippen LogP contribution in [0.4, 0.5) is 0 Å². The Labute approximate surface area is 171 Å². The number of hydrogen-bond acceptors (Lipinski definition) is 3. The van der Waals surface area contributed by atoms with Crippen molar-refractivity contribution in [2.75, 3.05) is 6.61 Å². The molecule has 0 aliphatic rings. The molecule has 0 bridgehead atoms. The van der Waals surface area contributed by atoms with Crippen LogP contribution in [0.2, 0.25) is 36.3 Å². The molecule has 0 unspecified atom stereocenters. The third-order valence-corrected chi connectivity index (χ3v) is 15.9. The van der Waals surface area contributed by atoms with Crippen LogP contribution in [0, 0.1) is 5.92 Å². The second-order valence-corrected chi connectivity index (χ2v) is 19.0. The van der Waals surface area contributed by atoms with Gasteiger partial charge in [0.15, 0.2) is 22.4 Å². The van der Waals surface area contributed by atoms with Gasteiger partial charge in [0.1, 0.15) is 0 Å². The smallest absolute Gasteiger partial charge is 0.192 e. The predicted molar refractivity (Wildman–Crippen MR) is 123 cm³/mol. The highest BCUT2D eigenvalue weighted by Crippen LogP contribution is 2.37. The molecule has 27 heavy (non-hydrogen) atoms. The lowest BCUT2D eigenvalue weighted by molar-refractivity contribution is -0.115. The van der Waals surface area contributed by atoms with E-state index in [0.29, 0.717) is 12.3 Å². The van der Waals surface area contributed by atoms with Crippen molar-refractivity contribution in [1.82, 2.24) is 0 Å². The van der Waals surface area contributed by atoms with Gasteiger partial charge in [-0.1, -0.05) is 55.0 Å². The maximum absolute atomic E-state index is 11.7. The van der Waals surface area contributed by atoms with E-state index in [0.717, 1.165) is 37.6 Å². The molecular weight excluding hydrogens is 368 g/mol. The Morgan fingerprint density at radius 1 is 1.07 bits per heavy atom. The quantitative estimate of drug-likeness (QED) is 0.227. The maximum atomic E-state index is 11.7. The van der Waals surface area contributed by atoms with E-state index in [1.54, 1.807) is 0 Å². The van der Waals surface area contributed by atoms with E-state index in [9.17, 15) is 4.79 Å². The second-order valence-electron chi connectivity index (χ2n) is 9.48. The van der Waals surface area contributed by atoms with Gasteiger partial charge in [0.25, 0.3) is 0 Å². The van der Waals surface area contributed by atoms with Crippen LogP contribution in [0.5, 0.6) is 0 Å². The first-order valence-electron chi connectivity index (χ1n) is 10.8. The van der Waals surface area contributed by atoms with Gasteiger partial charge in [-0.15, -0.1) is 0 Å². The molecule has 0 amide bonds. The molecule has 0 aromatic heterocycles. The lowest BCUT2D eigenvalue weighted by atomic mass is 9.96. The van der Waals surface area contributed by atoms with Gasteiger partial charge in [-0.05, 0) is 61.1 Å². The van der Waals surface area contributed by atoms with Gasteiger partial charge in [-0.3, -0.25) is 4.79 Å². The van der Waals surface area contributed by atoms with Crippen molar-refractivity contribution < 1.29 is 13.6 Å². The van der Waals surface area contributed by atoms with E-state index in [1.165, 1.54) is 6.08 Å². The van der Waals surface area contributed by atoms with Crippen LogP contribution in [0.3, 0.4) is 0 Å². The van der Waals surface area contributed by atoms with E-state index in [2.05, 4.69) is 68.1 Å². The van der Waals surface area contributed by atoms with Gasteiger partial charge in [0.2, 0.25) is 0 Å². The Bertz CT molecular complexity index is 443. The van der Waals surface area contributed by atoms with Crippen molar-refractivity contribution in [3.05, 3.63) is 12.7 Å². The number of ketones is 1. The minimum absolute atomic E-state index is 0.128. The zero-order chi connectivity index (χ0) is 21.3. The van der Waals surface area contributed by atoms with Gasteiger partial charge in [0, 0.05) is 19.1 Å². The Balaban J connectivity index is 5.12. The summed E-state index contributed by atoms with van der Waals surface area (Å²) in [4.78, 5) is 11.7. The summed E-state index contributed by atoms with van der Waals surface area (Å²) in [6, 6.07) is 3.45. The Morgan fingerprint density at radius 2 is 1.59 bits per heavy atom. The molecule has 5 heteroatoms. The second kappa shape index (κ2) is 11.7. The summed E-state index contributed by atoms with van der Waals surface area (Å²) in [7, 11) is -3.43. The molecule has 0 spiro atoms. The summed E-state index contributed by atoms with van der Waals surface area (Å²) < 4.78 is 13.3. The molecular formula is C22H46O3Si2. The van der Waals surface area contributed by atoms with E-state index < -0.39 is 16.6 Å². The zero-order valence-corrected chi connectivity index (χ0v) is 21.6. The summed E-state index contributed by atoms with van der Waals surface area (Å²) in [5.74, 6) is 0.483. The molecule has 0 aliphatic heterocycles. The molecule has 0 rings (SSSR count). The molecule has 0 heterocycles. The van der Waals surface area contributed by atoms with Crippen molar-refractivity contribution in [1.29, 1.82) is 0 Å². The van der Waals surface area contributed by atoms with Gasteiger partial charge >= 0.3 is 0 Å². The van der Waals surface area contributed by atoms with Crippen LogP contribution in [-0.2, 0) is 13.6 Å². The number of allylic oxidation sites excluding steroid dienone is 1. The highest BCUT2D eigenvalue weighted by atomic mass is 28.4. The van der Waals surface area contributed by atoms with Crippen LogP contribution < -0.4 is 0 Å². The van der Waals surface area contributed by atoms with Crippen molar-refractivity contribution >= 4 is 22.4 Å². The van der Waals surface area contributed by atoms with Crippen molar-refractivity contribution in [2.24, 2.45) is 5.92 Å². The fourth-order valence-electron chi connectivity index (χ4n) is 3.09. The van der Waals surface area contributed by atoms with Gasteiger partial charge in [-0.25, -0.2) is 0 Å². The first-order chi connectivity index (χ1) is 12.4. The third kappa shape index (κ3) is 8.76. The molecule has 3 nitrogen and oxygen atoms in total. The molecule has 0 aromatic carbocycles. The molecule has 0 radical (unpaired) electrons. The fourth-order valence-corrected chi connectivity index (χ4v) is 7.14. The van der Waals surface area contributed by atoms with E-state index in [1.807, 2.05) is 0 Å². The topological polar surface area (TPSA) is 35.5 Å². The first-order valence-corrected chi connectivity index (χ1v) is 16.3. The summed E-state index contributed by atoms with van der Waals surface area (Å²) >= 11 is 0. The number of carbonyl (C=O) groups is 1. The molecule has 0 saturated carbocycles. The van der Waals surface area contributed by atoms with Crippen LogP contribution in [0.1, 0.15) is 67.7 Å². The van der Waals surface area contributed by atoms with Gasteiger partial charge in [-0.2, -0.15) is 0 Å². The molecule has 0 fully saturated rings. The fraction of sp³-hybridized carbons (Fsp3) is 0.864. The summed E-state index contributed by atoms with van der Waals surface area (Å²) in [6.07, 6.45) is 3.96. The average Bonchev–Trinajstić information content (AvgIpc) is 2.61.